The van der Waals surface area contributed by atoms with Crippen molar-refractivity contribution in [2.75, 3.05) is 0 Å². The van der Waals surface area contributed by atoms with Crippen molar-refractivity contribution in [3.63, 3.8) is 0 Å². The van der Waals surface area contributed by atoms with Gasteiger partial charge in [0, 0.05) is 5.92 Å². The molecule has 0 bridgehead atoms. The Hall–Kier alpha value is -1.37. The summed E-state index contributed by atoms with van der Waals surface area (Å²) in [5, 5.41) is 3.08. The molecule has 0 amide bonds. The van der Waals surface area contributed by atoms with E-state index in [9.17, 15) is 17.6 Å². The number of hydrogen-bond donors (Lipinski definition) is 0. The lowest BCUT2D eigenvalue weighted by molar-refractivity contribution is -0.138. The highest BCUT2D eigenvalue weighted by molar-refractivity contribution is 6.30. The van der Waals surface area contributed by atoms with Crippen LogP contribution in [-0.2, 0) is 6.18 Å². The van der Waals surface area contributed by atoms with Gasteiger partial charge in [-0.2, -0.15) is 17.7 Å². The van der Waals surface area contributed by atoms with Crippen LogP contribution in [0.2, 0.25) is 5.15 Å². The zero-order valence-corrected chi connectivity index (χ0v) is 10.1. The van der Waals surface area contributed by atoms with Gasteiger partial charge in [-0.05, 0) is 6.07 Å². The lowest BCUT2D eigenvalue weighted by Crippen LogP contribution is -2.10. The summed E-state index contributed by atoms with van der Waals surface area (Å²) in [5.74, 6) is -1.02. The van der Waals surface area contributed by atoms with Crippen molar-refractivity contribution in [3.05, 3.63) is 28.4 Å². The van der Waals surface area contributed by atoms with Crippen LogP contribution in [0.3, 0.4) is 0 Å². The maximum Gasteiger partial charge on any atom is 0.419 e. The molecule has 98 valence electrons. The Kier molecular flexibility index (Phi) is 2.96. The van der Waals surface area contributed by atoms with Crippen LogP contribution in [0.1, 0.15) is 31.2 Å². The fourth-order valence-corrected chi connectivity index (χ4v) is 1.71. The molecule has 0 atom stereocenters. The van der Waals surface area contributed by atoms with Gasteiger partial charge in [-0.15, -0.1) is 5.10 Å². The first-order valence-electron chi connectivity index (χ1n) is 5.03. The van der Waals surface area contributed by atoms with Gasteiger partial charge in [0.05, 0.1) is 5.56 Å². The first-order valence-corrected chi connectivity index (χ1v) is 5.41. The number of fused-ring (bicyclic) bond motifs is 1. The van der Waals surface area contributed by atoms with Gasteiger partial charge < -0.3 is 0 Å². The number of rotatable bonds is 1. The Morgan fingerprint density at radius 2 is 1.94 bits per heavy atom. The molecule has 0 saturated carbocycles. The van der Waals surface area contributed by atoms with E-state index in [0.29, 0.717) is 10.6 Å². The average Bonchev–Trinajstić information content (AvgIpc) is 2.67. The quantitative estimate of drug-likeness (QED) is 0.590. The molecule has 0 aromatic carbocycles. The molecule has 0 aliphatic heterocycles. The summed E-state index contributed by atoms with van der Waals surface area (Å²) in [5.41, 5.74) is -1.58. The van der Waals surface area contributed by atoms with Crippen LogP contribution in [-0.4, -0.2) is 14.6 Å². The van der Waals surface area contributed by atoms with Gasteiger partial charge >= 0.3 is 6.18 Å². The van der Waals surface area contributed by atoms with Crippen LogP contribution in [0.4, 0.5) is 17.6 Å². The Morgan fingerprint density at radius 3 is 2.44 bits per heavy atom. The molecule has 0 unspecified atom stereocenters. The predicted molar refractivity (Wildman–Crippen MR) is 57.0 cm³/mol. The summed E-state index contributed by atoms with van der Waals surface area (Å²) in [7, 11) is 0. The van der Waals surface area contributed by atoms with Gasteiger partial charge in [-0.1, -0.05) is 25.4 Å². The fourth-order valence-electron chi connectivity index (χ4n) is 1.43. The normalized spacial score (nSPS) is 12.7. The summed E-state index contributed by atoms with van der Waals surface area (Å²) < 4.78 is 52.1. The summed E-state index contributed by atoms with van der Waals surface area (Å²) in [6.45, 7) is 3.48. The van der Waals surface area contributed by atoms with Gasteiger partial charge in [0.25, 0.3) is 0 Å². The Morgan fingerprint density at radius 1 is 1.33 bits per heavy atom. The molecule has 2 aromatic rings. The standard InChI is InChI=1S/C10H8ClF4N3/c1-4(2)8-16-9-6(12)3-5(10(13,14)15)7(11)18(9)17-8/h3-4H,1-2H3. The molecule has 18 heavy (non-hydrogen) atoms. The zero-order chi connectivity index (χ0) is 13.7. The third-order valence-corrected chi connectivity index (χ3v) is 2.70. The second-order valence-electron chi connectivity index (χ2n) is 4.05. The lowest BCUT2D eigenvalue weighted by atomic mass is 10.2. The minimum atomic E-state index is -4.74. The number of alkyl halides is 3. The van der Waals surface area contributed by atoms with E-state index in [0.717, 1.165) is 0 Å². The van der Waals surface area contributed by atoms with Crippen molar-refractivity contribution in [2.24, 2.45) is 0 Å². The Labute approximate surface area is 104 Å². The molecule has 0 aliphatic rings. The number of aromatic nitrogens is 3. The molecule has 0 radical (unpaired) electrons. The maximum atomic E-state index is 13.6. The van der Waals surface area contributed by atoms with Crippen LogP contribution >= 0.6 is 11.6 Å². The molecular formula is C10H8ClF4N3. The fraction of sp³-hybridized carbons (Fsp3) is 0.400. The van der Waals surface area contributed by atoms with Crippen molar-refractivity contribution in [2.45, 2.75) is 25.9 Å². The highest BCUT2D eigenvalue weighted by Gasteiger charge is 2.36. The smallest absolute Gasteiger partial charge is 0.209 e. The van der Waals surface area contributed by atoms with E-state index in [-0.39, 0.29) is 17.4 Å². The van der Waals surface area contributed by atoms with Crippen molar-refractivity contribution in [1.29, 1.82) is 0 Å². The molecule has 2 aromatic heterocycles. The zero-order valence-electron chi connectivity index (χ0n) is 9.39. The minimum absolute atomic E-state index is 0.144. The molecule has 2 heterocycles. The third kappa shape index (κ3) is 2.03. The van der Waals surface area contributed by atoms with E-state index in [4.69, 9.17) is 11.6 Å². The molecule has 0 fully saturated rings. The Balaban J connectivity index is 2.78. The largest absolute Gasteiger partial charge is 0.419 e. The lowest BCUT2D eigenvalue weighted by Gasteiger charge is -2.09. The number of pyridine rings is 1. The van der Waals surface area contributed by atoms with Crippen LogP contribution < -0.4 is 0 Å². The van der Waals surface area contributed by atoms with Gasteiger partial charge in [-0.3, -0.25) is 0 Å². The number of halogens is 5. The van der Waals surface area contributed by atoms with Crippen LogP contribution in [0.25, 0.3) is 5.65 Å². The molecule has 0 saturated heterocycles. The van der Waals surface area contributed by atoms with Gasteiger partial charge in [0.2, 0.25) is 0 Å². The van der Waals surface area contributed by atoms with Crippen molar-refractivity contribution in [1.82, 2.24) is 14.6 Å². The van der Waals surface area contributed by atoms with Crippen LogP contribution in [0.5, 0.6) is 0 Å². The first-order chi connectivity index (χ1) is 8.21. The van der Waals surface area contributed by atoms with E-state index in [2.05, 4.69) is 10.1 Å². The van der Waals surface area contributed by atoms with Gasteiger partial charge in [0.1, 0.15) is 5.15 Å². The third-order valence-electron chi connectivity index (χ3n) is 2.34. The SMILES string of the molecule is CC(C)c1nc2c(F)cc(C(F)(F)F)c(Cl)n2n1. The second-order valence-corrected chi connectivity index (χ2v) is 4.41. The molecular weight excluding hydrogens is 274 g/mol. The van der Waals surface area contributed by atoms with E-state index < -0.39 is 22.7 Å². The summed E-state index contributed by atoms with van der Waals surface area (Å²) in [6, 6.07) is 0.330. The molecule has 3 nitrogen and oxygen atoms in total. The molecule has 0 aliphatic carbocycles. The van der Waals surface area contributed by atoms with E-state index in [1.165, 1.54) is 0 Å². The highest BCUT2D eigenvalue weighted by Crippen LogP contribution is 2.35. The number of nitrogens with zero attached hydrogens (tertiary/aromatic N) is 3. The van der Waals surface area contributed by atoms with Crippen LogP contribution in [0, 0.1) is 5.82 Å². The monoisotopic (exact) mass is 281 g/mol. The van der Waals surface area contributed by atoms with E-state index in [1.807, 2.05) is 0 Å². The maximum absolute atomic E-state index is 13.6. The predicted octanol–water partition coefficient (Wildman–Crippen LogP) is 3.66. The molecule has 0 N–H and O–H groups in total. The summed E-state index contributed by atoms with van der Waals surface area (Å²) >= 11 is 5.59. The highest BCUT2D eigenvalue weighted by atomic mass is 35.5. The van der Waals surface area contributed by atoms with E-state index >= 15 is 0 Å². The second kappa shape index (κ2) is 4.08. The Bertz CT molecular complexity index is 603. The average molecular weight is 282 g/mol. The first kappa shape index (κ1) is 13.1. The topological polar surface area (TPSA) is 30.2 Å². The van der Waals surface area contributed by atoms with Crippen molar-refractivity contribution in [3.8, 4) is 0 Å². The van der Waals surface area contributed by atoms with Gasteiger partial charge in [-0.25, -0.2) is 9.37 Å². The molecule has 2 rings (SSSR count). The van der Waals surface area contributed by atoms with Gasteiger partial charge in [0.15, 0.2) is 17.3 Å². The minimum Gasteiger partial charge on any atom is -0.209 e. The molecule has 0 spiro atoms. The summed E-state index contributed by atoms with van der Waals surface area (Å²) in [4.78, 5) is 3.82. The van der Waals surface area contributed by atoms with Crippen molar-refractivity contribution >= 4 is 17.2 Å². The molecule has 8 heteroatoms. The van der Waals surface area contributed by atoms with E-state index in [1.54, 1.807) is 13.8 Å². The summed E-state index contributed by atoms with van der Waals surface area (Å²) in [6.07, 6.45) is -4.74. The van der Waals surface area contributed by atoms with Crippen molar-refractivity contribution < 1.29 is 17.6 Å². The van der Waals surface area contributed by atoms with Crippen LogP contribution in [0.15, 0.2) is 6.07 Å². The number of hydrogen-bond acceptors (Lipinski definition) is 2.